The summed E-state index contributed by atoms with van der Waals surface area (Å²) < 4.78 is 15.4. The molecule has 0 bridgehead atoms. The summed E-state index contributed by atoms with van der Waals surface area (Å²) in [7, 11) is 0. The van der Waals surface area contributed by atoms with Crippen molar-refractivity contribution in [1.82, 2.24) is 14.9 Å². The summed E-state index contributed by atoms with van der Waals surface area (Å²) in [5.41, 5.74) is 0.860. The third kappa shape index (κ3) is 3.73. The predicted molar refractivity (Wildman–Crippen MR) is 97.9 cm³/mol. The molecule has 3 rings (SSSR count). The molecule has 0 aromatic heterocycles. The minimum atomic E-state index is -0.891. The predicted octanol–water partition coefficient (Wildman–Crippen LogP) is 2.91. The molecule has 0 saturated carbocycles. The first-order valence-electron chi connectivity index (χ1n) is 9.15. The first kappa shape index (κ1) is 19.5. The van der Waals surface area contributed by atoms with E-state index in [4.69, 9.17) is 14.2 Å². The molecule has 0 aliphatic carbocycles. The highest BCUT2D eigenvalue weighted by molar-refractivity contribution is 5.77. The summed E-state index contributed by atoms with van der Waals surface area (Å²) >= 11 is 0. The second-order valence-corrected chi connectivity index (χ2v) is 6.08. The van der Waals surface area contributed by atoms with Gasteiger partial charge in [-0.05, 0) is 25.5 Å². The van der Waals surface area contributed by atoms with Crippen LogP contribution >= 0.6 is 0 Å². The molecule has 2 atom stereocenters. The van der Waals surface area contributed by atoms with Crippen LogP contribution in [-0.4, -0.2) is 65.7 Å². The van der Waals surface area contributed by atoms with E-state index in [0.717, 1.165) is 15.6 Å². The number of ether oxygens (including phenoxy) is 3. The van der Waals surface area contributed by atoms with E-state index >= 15 is 0 Å². The molecule has 9 nitrogen and oxygen atoms in total. The largest absolute Gasteiger partial charge is 0.448 e. The van der Waals surface area contributed by atoms with Gasteiger partial charge >= 0.3 is 18.3 Å². The zero-order valence-electron chi connectivity index (χ0n) is 15.8. The number of nitrogens with zero attached hydrogens (tertiary/aromatic N) is 3. The monoisotopic (exact) mass is 389 g/mol. The summed E-state index contributed by atoms with van der Waals surface area (Å²) in [6, 6.07) is 8.94. The quantitative estimate of drug-likeness (QED) is 0.581. The van der Waals surface area contributed by atoms with Crippen LogP contribution in [0.1, 0.15) is 25.5 Å². The standard InChI is InChI=1S/C19H23N3O6/c1-3-26-17(23)20-12-8-11-16(22(20)19(25)27-4-2)21-15(13-28-18(21)24)14-9-6-5-7-10-14/h5-11,15-16H,3-4,12-13H2,1-2H3/t15-,16-/m0/s1. The van der Waals surface area contributed by atoms with Crippen LogP contribution in [0.15, 0.2) is 42.5 Å². The van der Waals surface area contributed by atoms with Crippen LogP contribution in [-0.2, 0) is 14.2 Å². The Morgan fingerprint density at radius 3 is 2.46 bits per heavy atom. The Labute approximate surface area is 163 Å². The van der Waals surface area contributed by atoms with Gasteiger partial charge in [0.2, 0.25) is 0 Å². The molecule has 0 N–H and O–H groups in total. The molecule has 1 aromatic rings. The molecule has 2 heterocycles. The van der Waals surface area contributed by atoms with Crippen molar-refractivity contribution in [3.63, 3.8) is 0 Å². The fraction of sp³-hybridized carbons (Fsp3) is 0.421. The topological polar surface area (TPSA) is 88.6 Å². The Kier molecular flexibility index (Phi) is 6.03. The molecule has 2 aliphatic rings. The van der Waals surface area contributed by atoms with Crippen LogP contribution < -0.4 is 0 Å². The van der Waals surface area contributed by atoms with Crippen molar-refractivity contribution in [3.05, 3.63) is 48.0 Å². The van der Waals surface area contributed by atoms with E-state index in [0.29, 0.717) is 0 Å². The first-order chi connectivity index (χ1) is 13.6. The second-order valence-electron chi connectivity index (χ2n) is 6.08. The number of hydrazine groups is 1. The van der Waals surface area contributed by atoms with Crippen molar-refractivity contribution >= 4 is 18.3 Å². The Hall–Kier alpha value is -3.23. The summed E-state index contributed by atoms with van der Waals surface area (Å²) in [6.45, 7) is 3.87. The molecule has 0 unspecified atom stereocenters. The summed E-state index contributed by atoms with van der Waals surface area (Å²) in [5, 5.41) is 2.23. The highest BCUT2D eigenvalue weighted by Gasteiger charge is 2.46. The van der Waals surface area contributed by atoms with Gasteiger partial charge in [0.15, 0.2) is 6.17 Å². The van der Waals surface area contributed by atoms with Crippen molar-refractivity contribution in [3.8, 4) is 0 Å². The Morgan fingerprint density at radius 2 is 1.79 bits per heavy atom. The van der Waals surface area contributed by atoms with E-state index < -0.39 is 30.5 Å². The second kappa shape index (κ2) is 8.64. The molecule has 0 radical (unpaired) electrons. The summed E-state index contributed by atoms with van der Waals surface area (Å²) in [4.78, 5) is 39.0. The first-order valence-corrected chi connectivity index (χ1v) is 9.15. The van der Waals surface area contributed by atoms with E-state index in [-0.39, 0.29) is 26.4 Å². The van der Waals surface area contributed by atoms with Gasteiger partial charge in [-0.3, -0.25) is 4.90 Å². The lowest BCUT2D eigenvalue weighted by Gasteiger charge is -2.43. The third-order valence-electron chi connectivity index (χ3n) is 4.41. The molecule has 3 amide bonds. The maximum atomic E-state index is 12.7. The normalized spacial score (nSPS) is 21.5. The van der Waals surface area contributed by atoms with Gasteiger partial charge < -0.3 is 14.2 Å². The minimum Gasteiger partial charge on any atom is -0.448 e. The van der Waals surface area contributed by atoms with E-state index in [2.05, 4.69) is 0 Å². The molecule has 150 valence electrons. The van der Waals surface area contributed by atoms with Gasteiger partial charge in [-0.25, -0.2) is 19.4 Å². The van der Waals surface area contributed by atoms with E-state index in [1.165, 1.54) is 4.90 Å². The lowest BCUT2D eigenvalue weighted by atomic mass is 10.1. The third-order valence-corrected chi connectivity index (χ3v) is 4.41. The SMILES string of the molecule is CCOC(=O)N1CC=C[C@@H](N2C(=O)OC[C@H]2c2ccccc2)N1C(=O)OCC. The molecular weight excluding hydrogens is 366 g/mol. The maximum Gasteiger partial charge on any atom is 0.431 e. The highest BCUT2D eigenvalue weighted by atomic mass is 16.6. The fourth-order valence-electron chi connectivity index (χ4n) is 3.22. The number of carbonyl (C=O) groups is 3. The van der Waals surface area contributed by atoms with Crippen LogP contribution in [0, 0.1) is 0 Å². The molecule has 2 aliphatic heterocycles. The highest BCUT2D eigenvalue weighted by Crippen LogP contribution is 2.33. The number of benzene rings is 1. The van der Waals surface area contributed by atoms with Gasteiger partial charge in [0, 0.05) is 0 Å². The smallest absolute Gasteiger partial charge is 0.431 e. The van der Waals surface area contributed by atoms with Gasteiger partial charge in [-0.15, -0.1) is 0 Å². The van der Waals surface area contributed by atoms with Crippen LogP contribution in [0.2, 0.25) is 0 Å². The maximum absolute atomic E-state index is 12.7. The number of rotatable bonds is 4. The van der Waals surface area contributed by atoms with Crippen molar-refractivity contribution in [2.75, 3.05) is 26.4 Å². The lowest BCUT2D eigenvalue weighted by Crippen LogP contribution is -2.61. The number of carbonyl (C=O) groups excluding carboxylic acids is 3. The number of hydrogen-bond acceptors (Lipinski definition) is 6. The van der Waals surface area contributed by atoms with Crippen LogP contribution in [0.4, 0.5) is 14.4 Å². The van der Waals surface area contributed by atoms with Gasteiger partial charge in [-0.1, -0.05) is 36.4 Å². The fourth-order valence-corrected chi connectivity index (χ4v) is 3.22. The van der Waals surface area contributed by atoms with Crippen molar-refractivity contribution < 1.29 is 28.6 Å². The van der Waals surface area contributed by atoms with Gasteiger partial charge in [-0.2, -0.15) is 5.01 Å². The van der Waals surface area contributed by atoms with Crippen molar-refractivity contribution in [1.29, 1.82) is 0 Å². The van der Waals surface area contributed by atoms with Crippen LogP contribution in [0.25, 0.3) is 0 Å². The Morgan fingerprint density at radius 1 is 1.11 bits per heavy atom. The minimum absolute atomic E-state index is 0.118. The molecule has 28 heavy (non-hydrogen) atoms. The van der Waals surface area contributed by atoms with Gasteiger partial charge in [0.1, 0.15) is 6.61 Å². The summed E-state index contributed by atoms with van der Waals surface area (Å²) in [6.07, 6.45) is 0.450. The lowest BCUT2D eigenvalue weighted by molar-refractivity contribution is -0.0657. The zero-order chi connectivity index (χ0) is 20.1. The van der Waals surface area contributed by atoms with Crippen molar-refractivity contribution in [2.24, 2.45) is 0 Å². The van der Waals surface area contributed by atoms with Crippen molar-refractivity contribution in [2.45, 2.75) is 26.1 Å². The number of amides is 3. The van der Waals surface area contributed by atoms with Crippen LogP contribution in [0.5, 0.6) is 0 Å². The van der Waals surface area contributed by atoms with Gasteiger partial charge in [0.25, 0.3) is 0 Å². The average molecular weight is 389 g/mol. The zero-order valence-corrected chi connectivity index (χ0v) is 15.8. The van der Waals surface area contributed by atoms with E-state index in [1.807, 2.05) is 30.3 Å². The molecule has 1 saturated heterocycles. The van der Waals surface area contributed by atoms with E-state index in [1.54, 1.807) is 26.0 Å². The Balaban J connectivity index is 1.97. The summed E-state index contributed by atoms with van der Waals surface area (Å²) in [5.74, 6) is 0. The van der Waals surface area contributed by atoms with Crippen LogP contribution in [0.3, 0.4) is 0 Å². The molecule has 1 fully saturated rings. The molecular formula is C19H23N3O6. The number of cyclic esters (lactones) is 1. The van der Waals surface area contributed by atoms with Gasteiger partial charge in [0.05, 0.1) is 25.8 Å². The van der Waals surface area contributed by atoms with E-state index in [9.17, 15) is 14.4 Å². The number of hydrogen-bond donors (Lipinski definition) is 0. The average Bonchev–Trinajstić information content (AvgIpc) is 3.09. The molecule has 1 aromatic carbocycles. The Bertz CT molecular complexity index is 753. The molecule has 0 spiro atoms. The molecule has 9 heteroatoms.